The molecule has 0 saturated carbocycles. The van der Waals surface area contributed by atoms with E-state index in [-0.39, 0.29) is 0 Å². The zero-order valence-electron chi connectivity index (χ0n) is 12.5. The lowest BCUT2D eigenvalue weighted by Crippen LogP contribution is -2.41. The molecule has 0 aromatic carbocycles. The molecule has 20 heavy (non-hydrogen) atoms. The Labute approximate surface area is 119 Å². The van der Waals surface area contributed by atoms with Crippen molar-refractivity contribution in [3.05, 3.63) is 0 Å². The molecule has 0 aliphatic heterocycles. The molecule has 0 aliphatic rings. The molecule has 1 unspecified atom stereocenters. The lowest BCUT2D eigenvalue weighted by molar-refractivity contribution is -0.159. The molecule has 0 bridgehead atoms. The topological polar surface area (TPSA) is 93.7 Å². The number of hydrogen-bond donors (Lipinski definition) is 2. The molecule has 0 aromatic rings. The molecule has 2 N–H and O–H groups in total. The van der Waals surface area contributed by atoms with E-state index in [1.54, 1.807) is 13.8 Å². The van der Waals surface area contributed by atoms with Gasteiger partial charge in [0, 0.05) is 13.2 Å². The maximum Gasteiger partial charge on any atom is 0.335 e. The first-order valence-electron chi connectivity index (χ1n) is 6.72. The molecule has 0 fully saturated rings. The average molecular weight is 288 g/mol. The number of carbonyl (C=O) groups excluding carboxylic acids is 3. The first-order valence-corrected chi connectivity index (χ1v) is 6.72. The maximum absolute atomic E-state index is 11.5. The van der Waals surface area contributed by atoms with Gasteiger partial charge in [0.15, 0.2) is 12.7 Å². The molecule has 0 saturated heterocycles. The number of nitrogens with one attached hydrogen (secondary N) is 2. The third-order valence-electron chi connectivity index (χ3n) is 2.33. The van der Waals surface area contributed by atoms with Crippen molar-refractivity contribution in [2.24, 2.45) is 5.92 Å². The van der Waals surface area contributed by atoms with Crippen LogP contribution in [0.2, 0.25) is 0 Å². The summed E-state index contributed by atoms with van der Waals surface area (Å²) in [5.74, 6) is -0.820. The molecule has 1 atom stereocenters. The third-order valence-corrected chi connectivity index (χ3v) is 2.33. The van der Waals surface area contributed by atoms with Crippen LogP contribution in [0.3, 0.4) is 0 Å². The summed E-state index contributed by atoms with van der Waals surface area (Å²) in [6.07, 6.45) is 0.112. The molecule has 0 aromatic heterocycles. The average Bonchev–Trinajstić information content (AvgIpc) is 2.35. The molecular formula is C13H24N2O5. The van der Waals surface area contributed by atoms with Gasteiger partial charge in [-0.15, -0.1) is 0 Å². The summed E-state index contributed by atoms with van der Waals surface area (Å²) in [6.45, 7) is 7.74. The minimum absolute atomic E-state index is 0.402. The Morgan fingerprint density at radius 2 is 1.80 bits per heavy atom. The fourth-order valence-corrected chi connectivity index (χ4v) is 1.17. The fourth-order valence-electron chi connectivity index (χ4n) is 1.17. The first-order chi connectivity index (χ1) is 9.36. The molecule has 0 heterocycles. The molecule has 0 radical (unpaired) electrons. The molecular weight excluding hydrogens is 264 g/mol. The van der Waals surface area contributed by atoms with Gasteiger partial charge in [-0.2, -0.15) is 0 Å². The van der Waals surface area contributed by atoms with E-state index < -0.39 is 30.6 Å². The minimum atomic E-state index is -0.731. The second kappa shape index (κ2) is 10.2. The number of urea groups is 1. The van der Waals surface area contributed by atoms with Crippen molar-refractivity contribution in [3.8, 4) is 0 Å². The van der Waals surface area contributed by atoms with Crippen molar-refractivity contribution in [3.63, 3.8) is 0 Å². The zero-order chi connectivity index (χ0) is 15.5. The zero-order valence-corrected chi connectivity index (χ0v) is 12.5. The van der Waals surface area contributed by atoms with Crippen molar-refractivity contribution in [1.82, 2.24) is 10.6 Å². The Hall–Kier alpha value is -1.63. The minimum Gasteiger partial charge on any atom is -0.454 e. The summed E-state index contributed by atoms with van der Waals surface area (Å²) in [6, 6.07) is -0.616. The van der Waals surface area contributed by atoms with E-state index in [0.29, 0.717) is 19.1 Å². The predicted molar refractivity (Wildman–Crippen MR) is 73.0 cm³/mol. The molecule has 7 nitrogen and oxygen atoms in total. The molecule has 0 aliphatic carbocycles. The van der Waals surface area contributed by atoms with Crippen LogP contribution >= 0.6 is 0 Å². The quantitative estimate of drug-likeness (QED) is 0.645. The van der Waals surface area contributed by atoms with Gasteiger partial charge in [-0.25, -0.2) is 9.59 Å². The smallest absolute Gasteiger partial charge is 0.335 e. The van der Waals surface area contributed by atoms with Gasteiger partial charge in [-0.1, -0.05) is 13.8 Å². The Morgan fingerprint density at radius 3 is 2.35 bits per heavy atom. The van der Waals surface area contributed by atoms with Gasteiger partial charge in [0.25, 0.3) is 5.91 Å². The van der Waals surface area contributed by atoms with Gasteiger partial charge < -0.3 is 14.8 Å². The van der Waals surface area contributed by atoms with Crippen molar-refractivity contribution in [1.29, 1.82) is 0 Å². The Morgan fingerprint density at radius 1 is 1.15 bits per heavy atom. The summed E-state index contributed by atoms with van der Waals surface area (Å²) in [4.78, 5) is 33.8. The van der Waals surface area contributed by atoms with E-state index in [9.17, 15) is 14.4 Å². The molecule has 116 valence electrons. The van der Waals surface area contributed by atoms with E-state index in [2.05, 4.69) is 19.2 Å². The number of ether oxygens (including phenoxy) is 2. The monoisotopic (exact) mass is 288 g/mol. The van der Waals surface area contributed by atoms with Gasteiger partial charge >= 0.3 is 12.0 Å². The highest BCUT2D eigenvalue weighted by Gasteiger charge is 2.17. The Kier molecular flexibility index (Phi) is 9.36. The van der Waals surface area contributed by atoms with Crippen LogP contribution in [0.4, 0.5) is 4.79 Å². The van der Waals surface area contributed by atoms with Crippen LogP contribution in [0.25, 0.3) is 0 Å². The maximum atomic E-state index is 11.5. The summed E-state index contributed by atoms with van der Waals surface area (Å²) in [7, 11) is 0. The second-order valence-electron chi connectivity index (χ2n) is 4.71. The second-order valence-corrected chi connectivity index (χ2v) is 4.71. The van der Waals surface area contributed by atoms with Gasteiger partial charge in [0.05, 0.1) is 0 Å². The van der Waals surface area contributed by atoms with Crippen LogP contribution in [0.15, 0.2) is 0 Å². The number of esters is 1. The molecule has 0 rings (SSSR count). The molecule has 0 spiro atoms. The van der Waals surface area contributed by atoms with Crippen LogP contribution < -0.4 is 10.6 Å². The van der Waals surface area contributed by atoms with E-state index in [4.69, 9.17) is 9.47 Å². The van der Waals surface area contributed by atoms with Gasteiger partial charge in [0.1, 0.15) is 0 Å². The van der Waals surface area contributed by atoms with E-state index in [1.165, 1.54) is 0 Å². The highest BCUT2D eigenvalue weighted by atomic mass is 16.6. The number of carbonyl (C=O) groups is 3. The number of hydrogen-bond acceptors (Lipinski definition) is 5. The van der Waals surface area contributed by atoms with Crippen molar-refractivity contribution in [2.45, 2.75) is 40.2 Å². The SMILES string of the molecule is CCNC(=O)NC(=O)COC(=O)C(C)OCCC(C)C. The summed E-state index contributed by atoms with van der Waals surface area (Å²) in [5.41, 5.74) is 0. The molecule has 7 heteroatoms. The molecule has 3 amide bonds. The Bertz CT molecular complexity index is 331. The highest BCUT2D eigenvalue weighted by molar-refractivity contribution is 5.95. The number of amides is 3. The first kappa shape index (κ1) is 18.4. The van der Waals surface area contributed by atoms with Crippen molar-refractivity contribution in [2.75, 3.05) is 19.8 Å². The van der Waals surface area contributed by atoms with Crippen LogP contribution in [-0.2, 0) is 19.1 Å². The fraction of sp³-hybridized carbons (Fsp3) is 0.769. The lowest BCUT2D eigenvalue weighted by Gasteiger charge is -2.13. The van der Waals surface area contributed by atoms with E-state index in [1.807, 2.05) is 5.32 Å². The largest absolute Gasteiger partial charge is 0.454 e. The summed E-state index contributed by atoms with van der Waals surface area (Å²) >= 11 is 0. The summed E-state index contributed by atoms with van der Waals surface area (Å²) < 4.78 is 10.0. The van der Waals surface area contributed by atoms with Gasteiger partial charge in [0.2, 0.25) is 0 Å². The summed E-state index contributed by atoms with van der Waals surface area (Å²) in [5, 5.41) is 4.42. The number of imide groups is 1. The highest BCUT2D eigenvalue weighted by Crippen LogP contribution is 2.02. The van der Waals surface area contributed by atoms with E-state index in [0.717, 1.165) is 6.42 Å². The van der Waals surface area contributed by atoms with Gasteiger partial charge in [-0.05, 0) is 26.2 Å². The lowest BCUT2D eigenvalue weighted by atomic mass is 10.1. The van der Waals surface area contributed by atoms with Gasteiger partial charge in [-0.3, -0.25) is 10.1 Å². The normalized spacial score (nSPS) is 11.8. The van der Waals surface area contributed by atoms with Crippen LogP contribution in [-0.4, -0.2) is 43.8 Å². The predicted octanol–water partition coefficient (Wildman–Crippen LogP) is 0.827. The van der Waals surface area contributed by atoms with Crippen molar-refractivity contribution >= 4 is 17.9 Å². The van der Waals surface area contributed by atoms with Crippen molar-refractivity contribution < 1.29 is 23.9 Å². The third kappa shape index (κ3) is 9.32. The standard InChI is InChI=1S/C13H24N2O5/c1-5-14-13(18)15-11(16)8-20-12(17)10(4)19-7-6-9(2)3/h9-10H,5-8H2,1-4H3,(H2,14,15,16,18). The number of rotatable bonds is 8. The van der Waals surface area contributed by atoms with Crippen LogP contribution in [0, 0.1) is 5.92 Å². The Balaban J connectivity index is 3.85. The van der Waals surface area contributed by atoms with Crippen LogP contribution in [0.5, 0.6) is 0 Å². The van der Waals surface area contributed by atoms with E-state index >= 15 is 0 Å². The van der Waals surface area contributed by atoms with Crippen LogP contribution in [0.1, 0.15) is 34.1 Å².